The molecule has 0 aliphatic carbocycles. The van der Waals surface area contributed by atoms with Gasteiger partial charge in [-0.3, -0.25) is 9.59 Å². The van der Waals surface area contributed by atoms with Crippen LogP contribution in [0.3, 0.4) is 0 Å². The largest absolute Gasteiger partial charge is 0.333 e. The molecule has 1 aromatic carbocycles. The van der Waals surface area contributed by atoms with Crippen molar-refractivity contribution >= 4 is 23.2 Å². The molecule has 0 aliphatic heterocycles. The van der Waals surface area contributed by atoms with E-state index in [0.717, 1.165) is 37.7 Å². The lowest BCUT2D eigenvalue weighted by molar-refractivity contribution is -0.141. The van der Waals surface area contributed by atoms with E-state index in [1.165, 1.54) is 9.75 Å². The highest BCUT2D eigenvalue weighted by Gasteiger charge is 2.23. The van der Waals surface area contributed by atoms with Crippen LogP contribution in [0.4, 0.5) is 0 Å². The topological polar surface area (TPSA) is 40.6 Å². The highest BCUT2D eigenvalue weighted by atomic mass is 32.1. The van der Waals surface area contributed by atoms with Crippen molar-refractivity contribution in [2.75, 3.05) is 13.1 Å². The first-order valence-electron chi connectivity index (χ1n) is 12.1. The van der Waals surface area contributed by atoms with Gasteiger partial charge >= 0.3 is 0 Å². The predicted molar refractivity (Wildman–Crippen MR) is 135 cm³/mol. The molecule has 2 amide bonds. The maximum Gasteiger partial charge on any atom is 0.242 e. The molecule has 0 saturated heterocycles. The summed E-state index contributed by atoms with van der Waals surface area (Å²) in [5.41, 5.74) is 1.11. The summed E-state index contributed by atoms with van der Waals surface area (Å²) in [4.78, 5) is 32.6. The van der Waals surface area contributed by atoms with Crippen molar-refractivity contribution in [1.29, 1.82) is 0 Å². The molecule has 0 bridgehead atoms. The molecule has 176 valence electrons. The minimum absolute atomic E-state index is 0.0186. The minimum Gasteiger partial charge on any atom is -0.333 e. The van der Waals surface area contributed by atoms with Crippen LogP contribution in [0.25, 0.3) is 0 Å². The summed E-state index contributed by atoms with van der Waals surface area (Å²) in [6.45, 7) is 10.5. The Morgan fingerprint density at radius 2 is 1.66 bits per heavy atom. The van der Waals surface area contributed by atoms with Crippen LogP contribution < -0.4 is 0 Å². The van der Waals surface area contributed by atoms with Gasteiger partial charge in [0.05, 0.1) is 13.1 Å². The second-order valence-electron chi connectivity index (χ2n) is 8.85. The molecule has 4 nitrogen and oxygen atoms in total. The molecule has 0 radical (unpaired) electrons. The van der Waals surface area contributed by atoms with Crippen LogP contribution in [0.1, 0.15) is 74.6 Å². The van der Waals surface area contributed by atoms with Gasteiger partial charge in [-0.1, -0.05) is 76.8 Å². The summed E-state index contributed by atoms with van der Waals surface area (Å²) >= 11 is 1.72. The Morgan fingerprint density at radius 3 is 2.28 bits per heavy atom. The van der Waals surface area contributed by atoms with Crippen molar-refractivity contribution in [3.63, 3.8) is 0 Å². The molecule has 1 aromatic heterocycles. The number of thiophene rings is 1. The lowest BCUT2D eigenvalue weighted by Crippen LogP contribution is -2.44. The number of carbonyl (C=O) groups excluding carboxylic acids is 2. The third-order valence-corrected chi connectivity index (χ3v) is 6.85. The Hall–Kier alpha value is -2.14. The van der Waals surface area contributed by atoms with E-state index in [2.05, 4.69) is 52.0 Å². The van der Waals surface area contributed by atoms with E-state index in [1.54, 1.807) is 16.2 Å². The number of aryl methyl sites for hydroxylation is 1. The highest BCUT2D eigenvalue weighted by molar-refractivity contribution is 7.11. The normalized spacial score (nSPS) is 11.9. The van der Waals surface area contributed by atoms with Gasteiger partial charge in [0.15, 0.2) is 0 Å². The molecule has 1 atom stereocenters. The van der Waals surface area contributed by atoms with Gasteiger partial charge in [0, 0.05) is 29.3 Å². The number of carbonyl (C=O) groups is 2. The Balaban J connectivity index is 2.12. The molecule has 2 aromatic rings. The van der Waals surface area contributed by atoms with E-state index in [0.29, 0.717) is 32.0 Å². The SMILES string of the molecule is CCCCCCC(=O)N(CC(=O)N(Cc1ccccc1)Cc1ccc(C)s1)C[C@@H](C)CC. The van der Waals surface area contributed by atoms with Crippen molar-refractivity contribution in [2.24, 2.45) is 5.92 Å². The highest BCUT2D eigenvalue weighted by Crippen LogP contribution is 2.19. The van der Waals surface area contributed by atoms with Crippen molar-refractivity contribution in [1.82, 2.24) is 9.80 Å². The van der Waals surface area contributed by atoms with Crippen LogP contribution in [-0.2, 0) is 22.7 Å². The standard InChI is InChI=1S/C27H40N2O2S/c1-5-7-8-12-15-26(30)28(18-22(3)6-2)21-27(31)29(19-24-13-10-9-11-14-24)20-25-17-16-23(4)32-25/h9-11,13-14,16-17,22H,5-8,12,15,18-21H2,1-4H3/t22-/m0/s1. The molecular formula is C27H40N2O2S. The smallest absolute Gasteiger partial charge is 0.242 e. The molecular weight excluding hydrogens is 416 g/mol. The summed E-state index contributed by atoms with van der Waals surface area (Å²) in [5, 5.41) is 0. The molecule has 5 heteroatoms. The molecule has 0 aliphatic rings. The van der Waals surface area contributed by atoms with E-state index in [4.69, 9.17) is 0 Å². The Kier molecular flexibility index (Phi) is 11.5. The summed E-state index contributed by atoms with van der Waals surface area (Å²) in [6.07, 6.45) is 5.82. The fraction of sp³-hybridized carbons (Fsp3) is 0.556. The number of nitrogens with zero attached hydrogens (tertiary/aromatic N) is 2. The third kappa shape index (κ3) is 9.15. The maximum atomic E-state index is 13.5. The summed E-state index contributed by atoms with van der Waals surface area (Å²) in [6, 6.07) is 14.3. The fourth-order valence-corrected chi connectivity index (χ4v) is 4.58. The first-order valence-corrected chi connectivity index (χ1v) is 12.9. The second-order valence-corrected chi connectivity index (χ2v) is 10.2. The van der Waals surface area contributed by atoms with Crippen LogP contribution in [-0.4, -0.2) is 34.7 Å². The molecule has 0 fully saturated rings. The predicted octanol–water partition coefficient (Wildman–Crippen LogP) is 6.43. The summed E-state index contributed by atoms with van der Waals surface area (Å²) in [5.74, 6) is 0.511. The van der Waals surface area contributed by atoms with Crippen molar-refractivity contribution in [3.8, 4) is 0 Å². The van der Waals surface area contributed by atoms with Crippen molar-refractivity contribution in [2.45, 2.75) is 79.3 Å². The van der Waals surface area contributed by atoms with E-state index in [-0.39, 0.29) is 18.4 Å². The number of rotatable bonds is 14. The summed E-state index contributed by atoms with van der Waals surface area (Å²) < 4.78 is 0. The quantitative estimate of drug-likeness (QED) is 0.307. The second kappa shape index (κ2) is 14.1. The zero-order valence-corrected chi connectivity index (χ0v) is 21.1. The maximum absolute atomic E-state index is 13.5. The van der Waals surface area contributed by atoms with Gasteiger partial charge in [-0.25, -0.2) is 0 Å². The summed E-state index contributed by atoms with van der Waals surface area (Å²) in [7, 11) is 0. The average Bonchev–Trinajstić information content (AvgIpc) is 3.20. The Morgan fingerprint density at radius 1 is 0.906 bits per heavy atom. The number of hydrogen-bond acceptors (Lipinski definition) is 3. The number of benzene rings is 1. The first-order chi connectivity index (χ1) is 15.4. The van der Waals surface area contributed by atoms with Crippen molar-refractivity contribution < 1.29 is 9.59 Å². The third-order valence-electron chi connectivity index (χ3n) is 5.86. The van der Waals surface area contributed by atoms with Gasteiger partial charge in [-0.15, -0.1) is 11.3 Å². The van der Waals surface area contributed by atoms with Crippen molar-refractivity contribution in [3.05, 3.63) is 57.8 Å². The van der Waals surface area contributed by atoms with E-state index >= 15 is 0 Å². The van der Waals surface area contributed by atoms with E-state index in [9.17, 15) is 9.59 Å². The van der Waals surface area contributed by atoms with Gasteiger partial charge in [-0.2, -0.15) is 0 Å². The van der Waals surface area contributed by atoms with Gasteiger partial charge in [0.2, 0.25) is 11.8 Å². The number of amides is 2. The lowest BCUT2D eigenvalue weighted by Gasteiger charge is -2.29. The first kappa shape index (κ1) is 26.1. The van der Waals surface area contributed by atoms with Gasteiger partial charge in [-0.05, 0) is 37.0 Å². The molecule has 0 spiro atoms. The molecule has 0 N–H and O–H groups in total. The Labute approximate surface area is 198 Å². The average molecular weight is 457 g/mol. The molecule has 1 heterocycles. The molecule has 2 rings (SSSR count). The number of unbranched alkanes of at least 4 members (excludes halogenated alkanes) is 3. The van der Waals surface area contributed by atoms with Crippen LogP contribution in [0.2, 0.25) is 0 Å². The van der Waals surface area contributed by atoms with Gasteiger partial charge < -0.3 is 9.80 Å². The lowest BCUT2D eigenvalue weighted by atomic mass is 10.1. The van der Waals surface area contributed by atoms with Crippen LogP contribution in [0.15, 0.2) is 42.5 Å². The van der Waals surface area contributed by atoms with Gasteiger partial charge in [0.25, 0.3) is 0 Å². The van der Waals surface area contributed by atoms with E-state index < -0.39 is 0 Å². The Bertz CT molecular complexity index is 818. The molecule has 0 saturated carbocycles. The molecule has 32 heavy (non-hydrogen) atoms. The van der Waals surface area contributed by atoms with Crippen LogP contribution in [0, 0.1) is 12.8 Å². The van der Waals surface area contributed by atoms with Crippen LogP contribution in [0.5, 0.6) is 0 Å². The minimum atomic E-state index is 0.0186. The zero-order chi connectivity index (χ0) is 23.3. The molecule has 0 unspecified atom stereocenters. The fourth-order valence-electron chi connectivity index (χ4n) is 3.68. The monoisotopic (exact) mass is 456 g/mol. The van der Waals surface area contributed by atoms with Gasteiger partial charge in [0.1, 0.15) is 0 Å². The van der Waals surface area contributed by atoms with Crippen LogP contribution >= 0.6 is 11.3 Å². The number of hydrogen-bond donors (Lipinski definition) is 0. The van der Waals surface area contributed by atoms with E-state index in [1.807, 2.05) is 23.1 Å². The zero-order valence-electron chi connectivity index (χ0n) is 20.3.